The molecule has 2 heterocycles. The first-order valence-electron chi connectivity index (χ1n) is 10.5. The second-order valence-electron chi connectivity index (χ2n) is 7.84. The van der Waals surface area contributed by atoms with Gasteiger partial charge in [-0.25, -0.2) is 13.1 Å². The maximum atomic E-state index is 13.0. The highest BCUT2D eigenvalue weighted by Crippen LogP contribution is 2.25. The van der Waals surface area contributed by atoms with E-state index >= 15 is 0 Å². The normalized spacial score (nSPS) is 14.9. The van der Waals surface area contributed by atoms with E-state index in [2.05, 4.69) is 10.4 Å². The maximum Gasteiger partial charge on any atom is 0.260 e. The van der Waals surface area contributed by atoms with Gasteiger partial charge in [0.25, 0.3) is 5.91 Å². The number of benzene rings is 2. The topological polar surface area (TPSA) is 84.3 Å². The zero-order valence-electron chi connectivity index (χ0n) is 17.8. The first-order valence-corrected chi connectivity index (χ1v) is 12.4. The van der Waals surface area contributed by atoms with Gasteiger partial charge in [0.15, 0.2) is 0 Å². The third kappa shape index (κ3) is 4.72. The molecule has 1 N–H and O–H groups in total. The van der Waals surface area contributed by atoms with E-state index in [0.717, 1.165) is 24.8 Å². The van der Waals surface area contributed by atoms with E-state index in [1.807, 2.05) is 30.3 Å². The lowest BCUT2D eigenvalue weighted by molar-refractivity contribution is 0.102. The highest BCUT2D eigenvalue weighted by Gasteiger charge is 2.26. The number of halogens is 1. The van der Waals surface area contributed by atoms with Gasteiger partial charge in [-0.15, -0.1) is 0 Å². The molecule has 0 radical (unpaired) electrons. The van der Waals surface area contributed by atoms with Crippen molar-refractivity contribution in [3.8, 4) is 0 Å². The Morgan fingerprint density at radius 3 is 2.50 bits per heavy atom. The molecule has 1 aliphatic heterocycles. The molecule has 9 heteroatoms. The molecule has 0 saturated carbocycles. The minimum absolute atomic E-state index is 0.166. The van der Waals surface area contributed by atoms with Crippen LogP contribution in [0.25, 0.3) is 0 Å². The second-order valence-corrected chi connectivity index (χ2v) is 10.1. The summed E-state index contributed by atoms with van der Waals surface area (Å²) < 4.78 is 29.0. The molecule has 1 aliphatic rings. The van der Waals surface area contributed by atoms with Gasteiger partial charge in [-0.1, -0.05) is 54.4 Å². The molecule has 0 atom stereocenters. The fourth-order valence-electron chi connectivity index (χ4n) is 3.85. The second kappa shape index (κ2) is 9.44. The largest absolute Gasteiger partial charge is 0.322 e. The molecule has 168 valence electrons. The first kappa shape index (κ1) is 22.5. The van der Waals surface area contributed by atoms with Crippen molar-refractivity contribution in [2.45, 2.75) is 37.6 Å². The number of carbonyl (C=O) groups is 1. The number of amides is 1. The monoisotopic (exact) mass is 472 g/mol. The van der Waals surface area contributed by atoms with Crippen molar-refractivity contribution in [2.24, 2.45) is 0 Å². The fourth-order valence-corrected chi connectivity index (χ4v) is 5.74. The SMILES string of the molecule is Cc1nn(Cc2ccccc2)c(Cl)c1C(=O)Nc1cccc(S(=O)(=O)N2CCCCC2)c1. The van der Waals surface area contributed by atoms with E-state index in [9.17, 15) is 13.2 Å². The standard InChI is InChI=1S/C23H25ClN4O3S/c1-17-21(22(24)28(26-17)16-18-9-4-2-5-10-18)23(29)25-19-11-8-12-20(15-19)32(30,31)27-13-6-3-7-14-27/h2,4-5,8-12,15H,3,6-7,13-14,16H2,1H3,(H,25,29). The van der Waals surface area contributed by atoms with Crippen LogP contribution in [0.15, 0.2) is 59.5 Å². The van der Waals surface area contributed by atoms with Gasteiger partial charge in [0.1, 0.15) is 5.15 Å². The molecule has 0 aliphatic carbocycles. The van der Waals surface area contributed by atoms with Crippen LogP contribution < -0.4 is 5.32 Å². The molecular formula is C23H25ClN4O3S. The maximum absolute atomic E-state index is 13.0. The van der Waals surface area contributed by atoms with Crippen LogP contribution in [0, 0.1) is 6.92 Å². The van der Waals surface area contributed by atoms with E-state index in [-0.39, 0.29) is 15.6 Å². The highest BCUT2D eigenvalue weighted by atomic mass is 35.5. The molecular weight excluding hydrogens is 448 g/mol. The summed E-state index contributed by atoms with van der Waals surface area (Å²) in [6.07, 6.45) is 2.76. The Morgan fingerprint density at radius 1 is 1.06 bits per heavy atom. The number of sulfonamides is 1. The average molecular weight is 473 g/mol. The Hall–Kier alpha value is -2.68. The van der Waals surface area contributed by atoms with Gasteiger partial charge in [-0.05, 0) is 43.5 Å². The van der Waals surface area contributed by atoms with Crippen LogP contribution in [-0.4, -0.2) is 41.5 Å². The van der Waals surface area contributed by atoms with Gasteiger partial charge >= 0.3 is 0 Å². The number of anilines is 1. The van der Waals surface area contributed by atoms with Crippen LogP contribution in [0.3, 0.4) is 0 Å². The number of aryl methyl sites for hydroxylation is 1. The summed E-state index contributed by atoms with van der Waals surface area (Å²) in [5.74, 6) is -0.431. The minimum Gasteiger partial charge on any atom is -0.322 e. The lowest BCUT2D eigenvalue weighted by atomic mass is 10.2. The van der Waals surface area contributed by atoms with E-state index in [0.29, 0.717) is 31.0 Å². The van der Waals surface area contributed by atoms with Crippen LogP contribution in [0.2, 0.25) is 5.15 Å². The number of rotatable bonds is 6. The molecule has 7 nitrogen and oxygen atoms in total. The summed E-state index contributed by atoms with van der Waals surface area (Å²) >= 11 is 6.48. The van der Waals surface area contributed by atoms with Crippen LogP contribution in [0.5, 0.6) is 0 Å². The molecule has 1 fully saturated rings. The Morgan fingerprint density at radius 2 is 1.78 bits per heavy atom. The summed E-state index contributed by atoms with van der Waals surface area (Å²) in [6.45, 7) is 3.21. The smallest absolute Gasteiger partial charge is 0.260 e. The summed E-state index contributed by atoms with van der Waals surface area (Å²) in [4.78, 5) is 13.1. The average Bonchev–Trinajstić information content (AvgIpc) is 3.08. The van der Waals surface area contributed by atoms with Crippen LogP contribution in [0.1, 0.15) is 40.9 Å². The van der Waals surface area contributed by atoms with Gasteiger partial charge in [0.2, 0.25) is 10.0 Å². The third-order valence-electron chi connectivity index (χ3n) is 5.51. The molecule has 32 heavy (non-hydrogen) atoms. The highest BCUT2D eigenvalue weighted by molar-refractivity contribution is 7.89. The Labute approximate surface area is 193 Å². The molecule has 1 saturated heterocycles. The number of carbonyl (C=O) groups excluding carboxylic acids is 1. The fraction of sp³-hybridized carbons (Fsp3) is 0.304. The van der Waals surface area contributed by atoms with E-state index < -0.39 is 15.9 Å². The number of hydrogen-bond donors (Lipinski definition) is 1. The summed E-state index contributed by atoms with van der Waals surface area (Å²) in [5.41, 5.74) is 2.17. The van der Waals surface area contributed by atoms with E-state index in [1.165, 1.54) is 10.4 Å². The van der Waals surface area contributed by atoms with Gasteiger partial charge in [-0.2, -0.15) is 9.40 Å². The van der Waals surface area contributed by atoms with Crippen LogP contribution in [-0.2, 0) is 16.6 Å². The first-order chi connectivity index (χ1) is 15.4. The van der Waals surface area contributed by atoms with Crippen molar-refractivity contribution in [1.29, 1.82) is 0 Å². The number of aromatic nitrogens is 2. The molecule has 3 aromatic rings. The summed E-state index contributed by atoms with van der Waals surface area (Å²) in [6, 6.07) is 16.0. The van der Waals surface area contributed by atoms with Crippen molar-refractivity contribution >= 4 is 33.2 Å². The van der Waals surface area contributed by atoms with Gasteiger partial charge in [0.05, 0.1) is 22.7 Å². The molecule has 1 amide bonds. The van der Waals surface area contributed by atoms with Crippen molar-refractivity contribution in [2.75, 3.05) is 18.4 Å². The lowest BCUT2D eigenvalue weighted by Gasteiger charge is -2.26. The van der Waals surface area contributed by atoms with Crippen LogP contribution >= 0.6 is 11.6 Å². The Bertz CT molecular complexity index is 1220. The molecule has 0 spiro atoms. The van der Waals surface area contributed by atoms with E-state index in [1.54, 1.807) is 29.8 Å². The van der Waals surface area contributed by atoms with E-state index in [4.69, 9.17) is 11.6 Å². The van der Waals surface area contributed by atoms with Crippen molar-refractivity contribution in [1.82, 2.24) is 14.1 Å². The molecule has 0 bridgehead atoms. The Balaban J connectivity index is 1.54. The predicted octanol–water partition coefficient (Wildman–Crippen LogP) is 4.32. The number of nitrogens with one attached hydrogen (secondary N) is 1. The van der Waals surface area contributed by atoms with Crippen molar-refractivity contribution in [3.63, 3.8) is 0 Å². The molecule has 0 unspecified atom stereocenters. The molecule has 2 aromatic carbocycles. The predicted molar refractivity (Wildman–Crippen MR) is 125 cm³/mol. The van der Waals surface area contributed by atoms with Gasteiger partial charge < -0.3 is 5.32 Å². The minimum atomic E-state index is -3.59. The van der Waals surface area contributed by atoms with Gasteiger partial charge in [-0.3, -0.25) is 4.79 Å². The number of hydrogen-bond acceptors (Lipinski definition) is 4. The Kier molecular flexibility index (Phi) is 6.64. The summed E-state index contributed by atoms with van der Waals surface area (Å²) in [7, 11) is -3.59. The lowest BCUT2D eigenvalue weighted by Crippen LogP contribution is -2.35. The van der Waals surface area contributed by atoms with Crippen LogP contribution in [0.4, 0.5) is 5.69 Å². The van der Waals surface area contributed by atoms with Crippen molar-refractivity contribution < 1.29 is 13.2 Å². The number of nitrogens with zero attached hydrogens (tertiary/aromatic N) is 3. The molecule has 4 rings (SSSR count). The number of piperidine rings is 1. The molecule has 1 aromatic heterocycles. The zero-order valence-corrected chi connectivity index (χ0v) is 19.4. The zero-order chi connectivity index (χ0) is 22.7. The van der Waals surface area contributed by atoms with Crippen molar-refractivity contribution in [3.05, 3.63) is 76.6 Å². The third-order valence-corrected chi connectivity index (χ3v) is 7.79. The quantitative estimate of drug-likeness (QED) is 0.579. The van der Waals surface area contributed by atoms with Gasteiger partial charge in [0, 0.05) is 18.8 Å². The summed E-state index contributed by atoms with van der Waals surface area (Å²) in [5, 5.41) is 7.42.